The number of benzene rings is 1. The molecule has 2 heterocycles. The Morgan fingerprint density at radius 1 is 1.45 bits per heavy atom. The van der Waals surface area contributed by atoms with Crippen LogP contribution in [0.1, 0.15) is 25.3 Å². The number of aryl methyl sites for hydroxylation is 1. The van der Waals surface area contributed by atoms with E-state index >= 15 is 0 Å². The molecule has 4 nitrogen and oxygen atoms in total. The van der Waals surface area contributed by atoms with Gasteiger partial charge in [0, 0.05) is 6.54 Å². The number of nitrogens with one attached hydrogen (secondary N) is 1. The molecular weight excluding hydrogens is 252 g/mol. The number of carbonyl (C=O) groups excluding carboxylic acids is 1. The number of hydrogen-bond acceptors (Lipinski definition) is 3. The molecule has 20 heavy (non-hydrogen) atoms. The molecule has 1 aromatic rings. The summed E-state index contributed by atoms with van der Waals surface area (Å²) in [5.41, 5.74) is 2.08. The molecule has 0 aromatic heterocycles. The Morgan fingerprint density at radius 2 is 2.30 bits per heavy atom. The summed E-state index contributed by atoms with van der Waals surface area (Å²) in [6.07, 6.45) is 2.11. The molecule has 1 amide bonds. The maximum absolute atomic E-state index is 12.8. The molecule has 2 aliphatic rings. The number of ether oxygens (including phenoxy) is 1. The van der Waals surface area contributed by atoms with E-state index in [-0.39, 0.29) is 17.9 Å². The highest BCUT2D eigenvalue weighted by Gasteiger charge is 2.32. The van der Waals surface area contributed by atoms with Gasteiger partial charge in [0.05, 0.1) is 18.2 Å². The van der Waals surface area contributed by atoms with E-state index in [1.165, 1.54) is 0 Å². The van der Waals surface area contributed by atoms with Crippen molar-refractivity contribution in [1.82, 2.24) is 5.32 Å². The first-order valence-corrected chi connectivity index (χ1v) is 7.44. The van der Waals surface area contributed by atoms with Gasteiger partial charge in [-0.2, -0.15) is 0 Å². The summed E-state index contributed by atoms with van der Waals surface area (Å²) in [4.78, 5) is 14.7. The van der Waals surface area contributed by atoms with Crippen LogP contribution in [-0.4, -0.2) is 31.6 Å². The lowest BCUT2D eigenvalue weighted by Crippen LogP contribution is -2.48. The van der Waals surface area contributed by atoms with Crippen LogP contribution in [0.3, 0.4) is 0 Å². The van der Waals surface area contributed by atoms with Crippen LogP contribution in [0.5, 0.6) is 5.75 Å². The van der Waals surface area contributed by atoms with Gasteiger partial charge in [0.25, 0.3) is 0 Å². The van der Waals surface area contributed by atoms with Gasteiger partial charge in [-0.3, -0.25) is 4.79 Å². The monoisotopic (exact) mass is 274 g/mol. The average molecular weight is 274 g/mol. The molecule has 108 valence electrons. The lowest BCUT2D eigenvalue weighted by atomic mass is 9.97. The largest absolute Gasteiger partial charge is 0.487 e. The molecule has 1 fully saturated rings. The molecule has 0 spiro atoms. The Labute approximate surface area is 120 Å². The van der Waals surface area contributed by atoms with Crippen LogP contribution in [0, 0.1) is 12.8 Å². The van der Waals surface area contributed by atoms with Gasteiger partial charge < -0.3 is 15.0 Å². The minimum Gasteiger partial charge on any atom is -0.487 e. The van der Waals surface area contributed by atoms with Crippen LogP contribution in [0.15, 0.2) is 18.2 Å². The Kier molecular flexibility index (Phi) is 3.66. The van der Waals surface area contributed by atoms with Gasteiger partial charge in [0.1, 0.15) is 11.9 Å². The van der Waals surface area contributed by atoms with Crippen molar-refractivity contribution in [2.45, 2.75) is 32.8 Å². The second-order valence-electron chi connectivity index (χ2n) is 5.89. The summed E-state index contributed by atoms with van der Waals surface area (Å²) >= 11 is 0. The first-order valence-electron chi connectivity index (χ1n) is 7.44. The quantitative estimate of drug-likeness (QED) is 0.853. The van der Waals surface area contributed by atoms with Crippen molar-refractivity contribution in [3.05, 3.63) is 23.8 Å². The zero-order valence-electron chi connectivity index (χ0n) is 12.2. The number of rotatable bonds is 1. The van der Waals surface area contributed by atoms with Gasteiger partial charge in [0.2, 0.25) is 5.91 Å². The molecule has 0 radical (unpaired) electrons. The lowest BCUT2D eigenvalue weighted by Gasteiger charge is -2.36. The smallest absolute Gasteiger partial charge is 0.231 e. The molecule has 3 rings (SSSR count). The van der Waals surface area contributed by atoms with Gasteiger partial charge in [-0.05, 0) is 50.9 Å². The van der Waals surface area contributed by atoms with Gasteiger partial charge in [-0.15, -0.1) is 0 Å². The molecule has 2 atom stereocenters. The van der Waals surface area contributed by atoms with E-state index in [1.807, 2.05) is 36.9 Å². The van der Waals surface area contributed by atoms with E-state index in [0.717, 1.165) is 42.9 Å². The molecule has 4 heteroatoms. The number of anilines is 1. The SMILES string of the molecule is Cc1ccc2c(c1)O[C@H](C)CN2C(=O)[C@H]1CCCNC1. The Hall–Kier alpha value is -1.55. The molecule has 0 saturated carbocycles. The zero-order chi connectivity index (χ0) is 14.1. The van der Waals surface area contributed by atoms with Crippen LogP contribution in [-0.2, 0) is 4.79 Å². The molecule has 1 N–H and O–H groups in total. The first-order chi connectivity index (χ1) is 9.65. The van der Waals surface area contributed by atoms with Gasteiger partial charge in [-0.25, -0.2) is 0 Å². The van der Waals surface area contributed by atoms with Crippen molar-refractivity contribution in [2.24, 2.45) is 5.92 Å². The van der Waals surface area contributed by atoms with E-state index in [4.69, 9.17) is 4.74 Å². The van der Waals surface area contributed by atoms with Crippen LogP contribution in [0.25, 0.3) is 0 Å². The zero-order valence-corrected chi connectivity index (χ0v) is 12.2. The molecule has 0 unspecified atom stereocenters. The standard InChI is InChI=1S/C16H22N2O2/c1-11-5-6-14-15(8-11)20-12(2)10-18(14)16(19)13-4-3-7-17-9-13/h5-6,8,12-13,17H,3-4,7,9-10H2,1-2H3/t12-,13+/m1/s1. The fourth-order valence-corrected chi connectivity index (χ4v) is 3.04. The van der Waals surface area contributed by atoms with Crippen LogP contribution in [0.4, 0.5) is 5.69 Å². The number of piperidine rings is 1. The normalized spacial score (nSPS) is 25.8. The van der Waals surface area contributed by atoms with Crippen LogP contribution in [0.2, 0.25) is 0 Å². The number of carbonyl (C=O) groups is 1. The highest BCUT2D eigenvalue weighted by Crippen LogP contribution is 2.35. The van der Waals surface area contributed by atoms with E-state index in [2.05, 4.69) is 5.32 Å². The first kappa shape index (κ1) is 13.4. The summed E-state index contributed by atoms with van der Waals surface area (Å²) in [5.74, 6) is 1.17. The van der Waals surface area contributed by atoms with Crippen LogP contribution >= 0.6 is 0 Å². The fourth-order valence-electron chi connectivity index (χ4n) is 3.04. The minimum absolute atomic E-state index is 0.0461. The lowest BCUT2D eigenvalue weighted by molar-refractivity contribution is -0.123. The fraction of sp³-hybridized carbons (Fsp3) is 0.562. The van der Waals surface area contributed by atoms with Gasteiger partial charge in [0.15, 0.2) is 0 Å². The van der Waals surface area contributed by atoms with E-state index < -0.39 is 0 Å². The third-order valence-electron chi connectivity index (χ3n) is 4.09. The van der Waals surface area contributed by atoms with Crippen molar-refractivity contribution in [3.63, 3.8) is 0 Å². The predicted octanol–water partition coefficient (Wildman–Crippen LogP) is 2.11. The number of fused-ring (bicyclic) bond motifs is 1. The highest BCUT2D eigenvalue weighted by atomic mass is 16.5. The third kappa shape index (κ3) is 2.52. The van der Waals surface area contributed by atoms with Gasteiger partial charge in [-0.1, -0.05) is 6.07 Å². The molecule has 1 saturated heterocycles. The Balaban J connectivity index is 1.88. The number of nitrogens with zero attached hydrogens (tertiary/aromatic N) is 1. The summed E-state index contributed by atoms with van der Waals surface area (Å²) in [6.45, 7) is 6.53. The number of amides is 1. The molecule has 2 aliphatic heterocycles. The molecular formula is C16H22N2O2. The minimum atomic E-state index is 0.0461. The van der Waals surface area contributed by atoms with E-state index in [1.54, 1.807) is 0 Å². The van der Waals surface area contributed by atoms with Crippen molar-refractivity contribution < 1.29 is 9.53 Å². The summed E-state index contributed by atoms with van der Waals surface area (Å²) in [5, 5.41) is 3.32. The summed E-state index contributed by atoms with van der Waals surface area (Å²) in [6, 6.07) is 6.06. The molecule has 1 aromatic carbocycles. The topological polar surface area (TPSA) is 41.6 Å². The van der Waals surface area contributed by atoms with Crippen molar-refractivity contribution in [3.8, 4) is 5.75 Å². The molecule has 0 aliphatic carbocycles. The highest BCUT2D eigenvalue weighted by molar-refractivity contribution is 5.97. The second-order valence-corrected chi connectivity index (χ2v) is 5.89. The van der Waals surface area contributed by atoms with Gasteiger partial charge >= 0.3 is 0 Å². The summed E-state index contributed by atoms with van der Waals surface area (Å²) < 4.78 is 5.87. The second kappa shape index (κ2) is 5.44. The maximum atomic E-state index is 12.8. The predicted molar refractivity (Wildman–Crippen MR) is 79.2 cm³/mol. The summed E-state index contributed by atoms with van der Waals surface area (Å²) in [7, 11) is 0. The van der Waals surface area contributed by atoms with E-state index in [0.29, 0.717) is 6.54 Å². The molecule has 0 bridgehead atoms. The maximum Gasteiger partial charge on any atom is 0.231 e. The average Bonchev–Trinajstić information content (AvgIpc) is 2.46. The Morgan fingerprint density at radius 3 is 3.05 bits per heavy atom. The van der Waals surface area contributed by atoms with E-state index in [9.17, 15) is 4.79 Å². The van der Waals surface area contributed by atoms with Crippen molar-refractivity contribution in [1.29, 1.82) is 0 Å². The Bertz CT molecular complexity index is 509. The third-order valence-corrected chi connectivity index (χ3v) is 4.09. The van der Waals surface area contributed by atoms with Crippen molar-refractivity contribution in [2.75, 3.05) is 24.5 Å². The van der Waals surface area contributed by atoms with Crippen molar-refractivity contribution >= 4 is 11.6 Å². The van der Waals surface area contributed by atoms with Crippen LogP contribution < -0.4 is 15.0 Å². The number of hydrogen-bond donors (Lipinski definition) is 1.